The fourth-order valence-electron chi connectivity index (χ4n) is 2.84. The van der Waals surface area contributed by atoms with Gasteiger partial charge in [-0.15, -0.1) is 0 Å². The molecule has 2 aliphatic carbocycles. The molecule has 0 bridgehead atoms. The highest BCUT2D eigenvalue weighted by Crippen LogP contribution is 2.39. The van der Waals surface area contributed by atoms with Gasteiger partial charge >= 0.3 is 0 Å². The zero-order valence-corrected chi connectivity index (χ0v) is 12.4. The number of rotatable bonds is 4. The van der Waals surface area contributed by atoms with Gasteiger partial charge in [0.1, 0.15) is 5.75 Å². The highest BCUT2D eigenvalue weighted by atomic mass is 16.5. The van der Waals surface area contributed by atoms with Crippen LogP contribution in [0.1, 0.15) is 24.0 Å². The number of carbonyl (C=O) groups is 1. The zero-order valence-electron chi connectivity index (χ0n) is 12.4. The second kappa shape index (κ2) is 5.72. The molecule has 0 radical (unpaired) electrons. The first-order chi connectivity index (χ1) is 10.1. The molecule has 0 heterocycles. The van der Waals surface area contributed by atoms with Gasteiger partial charge < -0.3 is 4.74 Å². The van der Waals surface area contributed by atoms with E-state index in [1.54, 1.807) is 0 Å². The van der Waals surface area contributed by atoms with Crippen molar-refractivity contribution in [2.24, 2.45) is 16.9 Å². The number of amides is 1. The summed E-state index contributed by atoms with van der Waals surface area (Å²) in [4.78, 5) is 11.8. The first-order valence-electron chi connectivity index (χ1n) is 7.35. The summed E-state index contributed by atoms with van der Waals surface area (Å²) >= 11 is 0. The number of nitrogens with one attached hydrogen (secondary N) is 1. The lowest BCUT2D eigenvalue weighted by molar-refractivity contribution is -0.123. The minimum atomic E-state index is -0.210. The third-order valence-corrected chi connectivity index (χ3v) is 4.19. The van der Waals surface area contributed by atoms with Crippen LogP contribution in [0.4, 0.5) is 0 Å². The van der Waals surface area contributed by atoms with E-state index in [-0.39, 0.29) is 12.5 Å². The Labute approximate surface area is 124 Å². The van der Waals surface area contributed by atoms with Gasteiger partial charge in [-0.1, -0.05) is 24.3 Å². The predicted molar refractivity (Wildman–Crippen MR) is 82.3 cm³/mol. The van der Waals surface area contributed by atoms with Crippen LogP contribution < -0.4 is 10.2 Å². The highest BCUT2D eigenvalue weighted by Gasteiger charge is 2.37. The van der Waals surface area contributed by atoms with Crippen molar-refractivity contribution in [1.29, 1.82) is 0 Å². The molecule has 0 spiro atoms. The number of benzene rings is 1. The predicted octanol–water partition coefficient (Wildman–Crippen LogP) is 2.75. The molecule has 2 aliphatic rings. The van der Waals surface area contributed by atoms with Gasteiger partial charge in [-0.2, -0.15) is 5.10 Å². The first kappa shape index (κ1) is 13.9. The van der Waals surface area contributed by atoms with Crippen LogP contribution >= 0.6 is 0 Å². The van der Waals surface area contributed by atoms with E-state index in [2.05, 4.69) is 22.7 Å². The van der Waals surface area contributed by atoms with Crippen molar-refractivity contribution in [2.45, 2.75) is 26.7 Å². The van der Waals surface area contributed by atoms with E-state index in [1.165, 1.54) is 0 Å². The summed E-state index contributed by atoms with van der Waals surface area (Å²) in [6, 6.07) is 5.95. The smallest absolute Gasteiger partial charge is 0.277 e. The summed E-state index contributed by atoms with van der Waals surface area (Å²) in [5.41, 5.74) is 5.84. The average molecular weight is 284 g/mol. The van der Waals surface area contributed by atoms with E-state index in [0.717, 1.165) is 35.4 Å². The molecule has 1 amide bonds. The number of hydrogen-bond acceptors (Lipinski definition) is 3. The summed E-state index contributed by atoms with van der Waals surface area (Å²) in [6.45, 7) is 3.96. The van der Waals surface area contributed by atoms with E-state index < -0.39 is 0 Å². The van der Waals surface area contributed by atoms with Gasteiger partial charge in [-0.05, 0) is 49.8 Å². The SMILES string of the molecule is Cc1ccc(C)c(OCC(=O)N/N=C2\CC3C=CCC23)c1. The largest absolute Gasteiger partial charge is 0.483 e. The summed E-state index contributed by atoms with van der Waals surface area (Å²) in [5.74, 6) is 1.70. The third kappa shape index (κ3) is 2.99. The molecule has 2 unspecified atom stereocenters. The van der Waals surface area contributed by atoms with Crippen molar-refractivity contribution >= 4 is 11.6 Å². The molecule has 0 aromatic heterocycles. The fourth-order valence-corrected chi connectivity index (χ4v) is 2.84. The monoisotopic (exact) mass is 284 g/mol. The van der Waals surface area contributed by atoms with Crippen molar-refractivity contribution < 1.29 is 9.53 Å². The molecule has 21 heavy (non-hydrogen) atoms. The van der Waals surface area contributed by atoms with E-state index in [0.29, 0.717) is 11.8 Å². The van der Waals surface area contributed by atoms with Crippen LogP contribution in [-0.4, -0.2) is 18.2 Å². The standard InChI is InChI=1S/C17H20N2O2/c1-11-6-7-12(2)16(8-11)21-10-17(20)19-18-15-9-13-4-3-5-14(13)15/h3-4,6-8,13-14H,5,9-10H2,1-2H3,(H,19,20)/b18-15+. The minimum Gasteiger partial charge on any atom is -0.483 e. The Kier molecular flexibility index (Phi) is 3.78. The van der Waals surface area contributed by atoms with Crippen molar-refractivity contribution in [1.82, 2.24) is 5.43 Å². The number of hydrogen-bond donors (Lipinski definition) is 1. The Morgan fingerprint density at radius 1 is 1.43 bits per heavy atom. The molecule has 1 N–H and O–H groups in total. The quantitative estimate of drug-likeness (QED) is 0.682. The summed E-state index contributed by atoms with van der Waals surface area (Å²) in [7, 11) is 0. The van der Waals surface area contributed by atoms with Crippen LogP contribution in [0, 0.1) is 25.7 Å². The Bertz CT molecular complexity index is 619. The molecule has 4 heteroatoms. The average Bonchev–Trinajstić information content (AvgIpc) is 2.81. The molecular formula is C17H20N2O2. The molecule has 4 nitrogen and oxygen atoms in total. The number of aryl methyl sites for hydroxylation is 2. The van der Waals surface area contributed by atoms with Crippen LogP contribution in [-0.2, 0) is 4.79 Å². The van der Waals surface area contributed by atoms with Gasteiger partial charge in [-0.3, -0.25) is 4.79 Å². The topological polar surface area (TPSA) is 50.7 Å². The maximum absolute atomic E-state index is 11.8. The molecule has 1 aromatic rings. The van der Waals surface area contributed by atoms with Gasteiger partial charge in [0.2, 0.25) is 0 Å². The fraction of sp³-hybridized carbons (Fsp3) is 0.412. The van der Waals surface area contributed by atoms with E-state index in [1.807, 2.05) is 32.0 Å². The lowest BCUT2D eigenvalue weighted by atomic mass is 9.74. The van der Waals surface area contributed by atoms with Crippen LogP contribution in [0.3, 0.4) is 0 Å². The normalized spacial score (nSPS) is 24.6. The second-order valence-electron chi connectivity index (χ2n) is 5.83. The lowest BCUT2D eigenvalue weighted by Crippen LogP contribution is -2.36. The summed E-state index contributed by atoms with van der Waals surface area (Å²) in [6.07, 6.45) is 6.47. The molecule has 0 saturated heterocycles. The first-order valence-corrected chi connectivity index (χ1v) is 7.35. The van der Waals surface area contributed by atoms with Crippen molar-refractivity contribution in [2.75, 3.05) is 6.61 Å². The van der Waals surface area contributed by atoms with Gasteiger partial charge in [0.25, 0.3) is 5.91 Å². The van der Waals surface area contributed by atoms with Gasteiger partial charge in [0.05, 0.1) is 0 Å². The van der Waals surface area contributed by atoms with Gasteiger partial charge in [0.15, 0.2) is 6.61 Å². The Morgan fingerprint density at radius 3 is 3.10 bits per heavy atom. The summed E-state index contributed by atoms with van der Waals surface area (Å²) in [5, 5.41) is 4.22. The van der Waals surface area contributed by atoms with E-state index >= 15 is 0 Å². The van der Waals surface area contributed by atoms with Gasteiger partial charge in [0, 0.05) is 11.6 Å². The molecule has 3 rings (SSSR count). The number of hydrazone groups is 1. The minimum absolute atomic E-state index is 0.00653. The van der Waals surface area contributed by atoms with Crippen molar-refractivity contribution in [3.8, 4) is 5.75 Å². The maximum atomic E-state index is 11.8. The number of carbonyl (C=O) groups excluding carboxylic acids is 1. The molecule has 1 saturated carbocycles. The molecule has 0 aliphatic heterocycles. The molecule has 1 aromatic carbocycles. The van der Waals surface area contributed by atoms with E-state index in [4.69, 9.17) is 4.74 Å². The van der Waals surface area contributed by atoms with Crippen LogP contribution in [0.25, 0.3) is 0 Å². The molecule has 2 atom stereocenters. The number of fused-ring (bicyclic) bond motifs is 1. The lowest BCUT2D eigenvalue weighted by Gasteiger charge is -2.31. The number of allylic oxidation sites excluding steroid dienone is 2. The van der Waals surface area contributed by atoms with E-state index in [9.17, 15) is 4.79 Å². The van der Waals surface area contributed by atoms with Gasteiger partial charge in [-0.25, -0.2) is 5.43 Å². The third-order valence-electron chi connectivity index (χ3n) is 4.19. The molecular weight excluding hydrogens is 264 g/mol. The number of ether oxygens (including phenoxy) is 1. The summed E-state index contributed by atoms with van der Waals surface area (Å²) < 4.78 is 5.56. The van der Waals surface area contributed by atoms with Crippen molar-refractivity contribution in [3.05, 3.63) is 41.5 Å². The maximum Gasteiger partial charge on any atom is 0.277 e. The van der Waals surface area contributed by atoms with Crippen molar-refractivity contribution in [3.63, 3.8) is 0 Å². The van der Waals surface area contributed by atoms with Crippen LogP contribution in [0.15, 0.2) is 35.5 Å². The van der Waals surface area contributed by atoms with Crippen LogP contribution in [0.2, 0.25) is 0 Å². The second-order valence-corrected chi connectivity index (χ2v) is 5.83. The Balaban J connectivity index is 1.49. The molecule has 110 valence electrons. The Morgan fingerprint density at radius 2 is 2.29 bits per heavy atom. The van der Waals surface area contributed by atoms with Crippen LogP contribution in [0.5, 0.6) is 5.75 Å². The zero-order chi connectivity index (χ0) is 14.8. The highest BCUT2D eigenvalue weighted by molar-refractivity contribution is 5.94. The number of nitrogens with zero attached hydrogens (tertiary/aromatic N) is 1. The molecule has 1 fully saturated rings. The Hall–Kier alpha value is -2.10.